The van der Waals surface area contributed by atoms with Gasteiger partial charge in [0.2, 0.25) is 0 Å². The molecule has 0 aliphatic heterocycles. The molecule has 0 heterocycles. The fourth-order valence-electron chi connectivity index (χ4n) is 2.88. The van der Waals surface area contributed by atoms with Gasteiger partial charge in [-0.2, -0.15) is 0 Å². The second-order valence-corrected chi connectivity index (χ2v) is 6.88. The van der Waals surface area contributed by atoms with Crippen LogP contribution in [0.5, 0.6) is 0 Å². The maximum absolute atomic E-state index is 14.5. The van der Waals surface area contributed by atoms with Gasteiger partial charge in [-0.25, -0.2) is 13.2 Å². The van der Waals surface area contributed by atoms with Gasteiger partial charge < -0.3 is 10.2 Å². The highest BCUT2D eigenvalue weighted by molar-refractivity contribution is 5.71. The zero-order valence-electron chi connectivity index (χ0n) is 15.2. The largest absolute Gasteiger partial charge is 0.481 e. The van der Waals surface area contributed by atoms with Crippen molar-refractivity contribution < 1.29 is 28.2 Å². The SMILES string of the molecule is CCC(C)(F)C(F)c1cccc(CC(C(=O)O)C(O)c2ccc(F)cc2)c1. The van der Waals surface area contributed by atoms with E-state index in [0.29, 0.717) is 5.56 Å². The third kappa shape index (κ3) is 5.10. The topological polar surface area (TPSA) is 57.5 Å². The molecule has 0 saturated carbocycles. The lowest BCUT2D eigenvalue weighted by molar-refractivity contribution is -0.145. The van der Waals surface area contributed by atoms with E-state index in [1.807, 2.05) is 0 Å². The van der Waals surface area contributed by atoms with E-state index in [1.165, 1.54) is 37.3 Å². The second-order valence-electron chi connectivity index (χ2n) is 6.88. The summed E-state index contributed by atoms with van der Waals surface area (Å²) in [6, 6.07) is 10.9. The minimum Gasteiger partial charge on any atom is -0.481 e. The van der Waals surface area contributed by atoms with E-state index in [-0.39, 0.29) is 24.0 Å². The maximum Gasteiger partial charge on any atom is 0.309 e. The van der Waals surface area contributed by atoms with Crippen LogP contribution in [0.25, 0.3) is 0 Å². The van der Waals surface area contributed by atoms with Crippen LogP contribution in [-0.2, 0) is 11.2 Å². The highest BCUT2D eigenvalue weighted by Gasteiger charge is 2.34. The molecule has 0 saturated heterocycles. The number of aliphatic hydroxyl groups is 1. The highest BCUT2D eigenvalue weighted by atomic mass is 19.2. The molecule has 0 radical (unpaired) electrons. The van der Waals surface area contributed by atoms with Crippen LogP contribution in [0.2, 0.25) is 0 Å². The maximum atomic E-state index is 14.5. The summed E-state index contributed by atoms with van der Waals surface area (Å²) in [5.74, 6) is -2.95. The molecule has 2 aromatic carbocycles. The first-order valence-electron chi connectivity index (χ1n) is 8.74. The van der Waals surface area contributed by atoms with Crippen LogP contribution in [0.1, 0.15) is 49.2 Å². The van der Waals surface area contributed by atoms with Gasteiger partial charge in [0.05, 0.1) is 12.0 Å². The Bertz CT molecular complexity index is 774. The molecule has 2 rings (SSSR count). The van der Waals surface area contributed by atoms with Crippen molar-refractivity contribution in [1.82, 2.24) is 0 Å². The summed E-state index contributed by atoms with van der Waals surface area (Å²) in [7, 11) is 0. The zero-order valence-corrected chi connectivity index (χ0v) is 15.2. The predicted molar refractivity (Wildman–Crippen MR) is 96.3 cm³/mol. The number of carboxylic acids is 1. The molecule has 146 valence electrons. The number of aliphatic hydroxyl groups excluding tert-OH is 1. The van der Waals surface area contributed by atoms with E-state index in [4.69, 9.17) is 0 Å². The Morgan fingerprint density at radius 1 is 1.15 bits per heavy atom. The summed E-state index contributed by atoms with van der Waals surface area (Å²) in [5.41, 5.74) is -1.17. The summed E-state index contributed by atoms with van der Waals surface area (Å²) < 4.78 is 41.8. The van der Waals surface area contributed by atoms with Crippen LogP contribution >= 0.6 is 0 Å². The fourth-order valence-corrected chi connectivity index (χ4v) is 2.88. The number of carboxylic acid groups (broad SMARTS) is 1. The lowest BCUT2D eigenvalue weighted by atomic mass is 9.87. The van der Waals surface area contributed by atoms with Crippen molar-refractivity contribution in [2.75, 3.05) is 0 Å². The number of carbonyl (C=O) groups is 1. The summed E-state index contributed by atoms with van der Waals surface area (Å²) >= 11 is 0. The molecule has 0 aromatic heterocycles. The van der Waals surface area contributed by atoms with Crippen LogP contribution < -0.4 is 0 Å². The smallest absolute Gasteiger partial charge is 0.309 e. The number of hydrogen-bond donors (Lipinski definition) is 2. The number of rotatable bonds is 8. The Labute approximate surface area is 156 Å². The van der Waals surface area contributed by atoms with E-state index in [0.717, 1.165) is 12.1 Å². The lowest BCUT2D eigenvalue weighted by Gasteiger charge is -2.24. The molecule has 0 aliphatic carbocycles. The van der Waals surface area contributed by atoms with Gasteiger partial charge in [-0.3, -0.25) is 4.79 Å². The quantitative estimate of drug-likeness (QED) is 0.681. The molecule has 4 atom stereocenters. The molecule has 0 amide bonds. The van der Waals surface area contributed by atoms with Crippen LogP contribution in [0.15, 0.2) is 48.5 Å². The van der Waals surface area contributed by atoms with Crippen molar-refractivity contribution in [3.8, 4) is 0 Å². The number of alkyl halides is 2. The van der Waals surface area contributed by atoms with Crippen molar-refractivity contribution in [3.05, 3.63) is 71.0 Å². The second kappa shape index (κ2) is 8.57. The Hall–Kier alpha value is -2.34. The number of hydrogen-bond acceptors (Lipinski definition) is 2. The van der Waals surface area contributed by atoms with Gasteiger partial charge in [0.1, 0.15) is 11.5 Å². The number of benzene rings is 2. The fraction of sp³-hybridized carbons (Fsp3) is 0.381. The average molecular weight is 380 g/mol. The Balaban J connectivity index is 2.25. The molecule has 4 unspecified atom stereocenters. The third-order valence-corrected chi connectivity index (χ3v) is 4.83. The van der Waals surface area contributed by atoms with Crippen molar-refractivity contribution in [3.63, 3.8) is 0 Å². The van der Waals surface area contributed by atoms with E-state index < -0.39 is 35.6 Å². The number of halogens is 3. The van der Waals surface area contributed by atoms with Gasteiger partial charge in [-0.15, -0.1) is 0 Å². The van der Waals surface area contributed by atoms with E-state index in [9.17, 15) is 28.2 Å². The normalized spacial score (nSPS) is 17.0. The van der Waals surface area contributed by atoms with Crippen molar-refractivity contribution in [1.29, 1.82) is 0 Å². The molecule has 0 fully saturated rings. The van der Waals surface area contributed by atoms with Crippen molar-refractivity contribution >= 4 is 5.97 Å². The van der Waals surface area contributed by atoms with Gasteiger partial charge in [-0.05, 0) is 48.6 Å². The Morgan fingerprint density at radius 3 is 2.33 bits per heavy atom. The molecule has 0 bridgehead atoms. The van der Waals surface area contributed by atoms with Gasteiger partial charge in [0.15, 0.2) is 6.17 Å². The molecule has 6 heteroatoms. The molecule has 2 N–H and O–H groups in total. The summed E-state index contributed by atoms with van der Waals surface area (Å²) in [6.45, 7) is 2.73. The van der Waals surface area contributed by atoms with Crippen molar-refractivity contribution in [2.24, 2.45) is 5.92 Å². The third-order valence-electron chi connectivity index (χ3n) is 4.83. The molecule has 3 nitrogen and oxygen atoms in total. The minimum absolute atomic E-state index is 0.000569. The van der Waals surface area contributed by atoms with Crippen molar-refractivity contribution in [2.45, 2.75) is 44.6 Å². The molecular weight excluding hydrogens is 357 g/mol. The van der Waals surface area contributed by atoms with Crippen LogP contribution in [0.4, 0.5) is 13.2 Å². The molecule has 2 aromatic rings. The van der Waals surface area contributed by atoms with E-state index in [1.54, 1.807) is 13.0 Å². The Kier molecular flexibility index (Phi) is 6.65. The van der Waals surface area contributed by atoms with Gasteiger partial charge in [0.25, 0.3) is 0 Å². The first-order chi connectivity index (χ1) is 12.7. The molecule has 0 aliphatic rings. The van der Waals surface area contributed by atoms with Crippen LogP contribution in [0, 0.1) is 11.7 Å². The average Bonchev–Trinajstić information content (AvgIpc) is 2.65. The summed E-state index contributed by atoms with van der Waals surface area (Å²) in [5, 5.41) is 19.9. The molecular formula is C21H23F3O3. The highest BCUT2D eigenvalue weighted by Crippen LogP contribution is 2.36. The molecule has 27 heavy (non-hydrogen) atoms. The molecule has 0 spiro atoms. The standard InChI is InChI=1S/C21H23F3O3/c1-3-21(2,24)19(23)15-6-4-5-13(11-15)12-17(20(26)27)18(25)14-7-9-16(22)10-8-14/h4-11,17-19,25H,3,12H2,1-2H3,(H,26,27). The number of aliphatic carboxylic acids is 1. The minimum atomic E-state index is -2.03. The van der Waals surface area contributed by atoms with E-state index >= 15 is 0 Å². The zero-order chi connectivity index (χ0) is 20.2. The van der Waals surface area contributed by atoms with Gasteiger partial charge in [-0.1, -0.05) is 43.3 Å². The first kappa shape index (κ1) is 21.0. The predicted octanol–water partition coefficient (Wildman–Crippen LogP) is 4.95. The first-order valence-corrected chi connectivity index (χ1v) is 8.74. The Morgan fingerprint density at radius 2 is 1.78 bits per heavy atom. The summed E-state index contributed by atoms with van der Waals surface area (Å²) in [4.78, 5) is 11.6. The van der Waals surface area contributed by atoms with E-state index in [2.05, 4.69) is 0 Å². The van der Waals surface area contributed by atoms with Gasteiger partial charge in [0, 0.05) is 0 Å². The lowest BCUT2D eigenvalue weighted by Crippen LogP contribution is -2.25. The monoisotopic (exact) mass is 380 g/mol. The van der Waals surface area contributed by atoms with Gasteiger partial charge >= 0.3 is 5.97 Å². The van der Waals surface area contributed by atoms with Crippen LogP contribution in [0.3, 0.4) is 0 Å². The van der Waals surface area contributed by atoms with Crippen LogP contribution in [-0.4, -0.2) is 21.9 Å². The summed E-state index contributed by atoms with van der Waals surface area (Å²) in [6.07, 6.45) is -3.29.